The number of benzene rings is 1. The zero-order valence-corrected chi connectivity index (χ0v) is 11.2. The molecule has 1 aromatic heterocycles. The van der Waals surface area contributed by atoms with E-state index in [2.05, 4.69) is 29.3 Å². The summed E-state index contributed by atoms with van der Waals surface area (Å²) in [4.78, 5) is 4.30. The van der Waals surface area contributed by atoms with Crippen molar-refractivity contribution >= 4 is 0 Å². The Labute approximate surface area is 112 Å². The third-order valence-electron chi connectivity index (χ3n) is 2.69. The number of nitrogens with zero attached hydrogens (tertiary/aromatic N) is 2. The second-order valence-corrected chi connectivity index (χ2v) is 4.73. The Morgan fingerprint density at radius 3 is 2.68 bits per heavy atom. The van der Waals surface area contributed by atoms with E-state index >= 15 is 0 Å². The van der Waals surface area contributed by atoms with Crippen molar-refractivity contribution in [3.63, 3.8) is 0 Å². The normalized spacial score (nSPS) is 11.2. The van der Waals surface area contributed by atoms with Crippen molar-refractivity contribution in [2.24, 2.45) is 0 Å². The summed E-state index contributed by atoms with van der Waals surface area (Å²) in [6.45, 7) is 5.14. The number of halogens is 1. The van der Waals surface area contributed by atoms with E-state index in [9.17, 15) is 4.39 Å². The molecule has 5 heteroatoms. The molecule has 0 radical (unpaired) electrons. The Bertz CT molecular complexity index is 508. The second kappa shape index (κ2) is 6.43. The molecule has 1 N–H and O–H groups in total. The lowest BCUT2D eigenvalue weighted by atomic mass is 10.2. The lowest BCUT2D eigenvalue weighted by Gasteiger charge is -2.05. The summed E-state index contributed by atoms with van der Waals surface area (Å²) in [5, 5.41) is 7.23. The Hall–Kier alpha value is -1.75. The van der Waals surface area contributed by atoms with Crippen LogP contribution in [0.1, 0.15) is 26.2 Å². The Morgan fingerprint density at radius 1 is 1.26 bits per heavy atom. The van der Waals surface area contributed by atoms with Gasteiger partial charge in [-0.2, -0.15) is 4.98 Å². The quantitative estimate of drug-likeness (QED) is 0.814. The van der Waals surface area contributed by atoms with Crippen molar-refractivity contribution in [3.05, 3.63) is 36.0 Å². The van der Waals surface area contributed by atoms with Gasteiger partial charge in [-0.3, -0.25) is 0 Å². The van der Waals surface area contributed by atoms with Gasteiger partial charge in [0.1, 0.15) is 5.82 Å². The topological polar surface area (TPSA) is 51.0 Å². The van der Waals surface area contributed by atoms with Crippen LogP contribution in [0.3, 0.4) is 0 Å². The summed E-state index contributed by atoms with van der Waals surface area (Å²) in [5.41, 5.74) is 0.761. The third kappa shape index (κ3) is 4.13. The molecule has 0 bridgehead atoms. The summed E-state index contributed by atoms with van der Waals surface area (Å²) in [7, 11) is 0. The average molecular weight is 263 g/mol. The molecular formula is C14H18FN3O. The first-order valence-electron chi connectivity index (χ1n) is 6.47. The smallest absolute Gasteiger partial charge is 0.227 e. The molecule has 19 heavy (non-hydrogen) atoms. The van der Waals surface area contributed by atoms with Crippen molar-refractivity contribution in [3.8, 4) is 11.4 Å². The van der Waals surface area contributed by atoms with E-state index in [1.807, 2.05) is 0 Å². The van der Waals surface area contributed by atoms with E-state index in [0.717, 1.165) is 24.9 Å². The first-order valence-corrected chi connectivity index (χ1v) is 6.47. The van der Waals surface area contributed by atoms with Gasteiger partial charge in [-0.25, -0.2) is 4.39 Å². The van der Waals surface area contributed by atoms with Crippen LogP contribution in [0.4, 0.5) is 4.39 Å². The molecule has 2 rings (SSSR count). The van der Waals surface area contributed by atoms with Crippen molar-refractivity contribution in [2.45, 2.75) is 32.7 Å². The lowest BCUT2D eigenvalue weighted by Crippen LogP contribution is -2.23. The van der Waals surface area contributed by atoms with E-state index in [1.165, 1.54) is 12.1 Å². The molecule has 0 spiro atoms. The zero-order valence-electron chi connectivity index (χ0n) is 11.2. The van der Waals surface area contributed by atoms with Crippen molar-refractivity contribution in [2.75, 3.05) is 6.54 Å². The van der Waals surface area contributed by atoms with Gasteiger partial charge in [0.25, 0.3) is 0 Å². The second-order valence-electron chi connectivity index (χ2n) is 4.73. The Morgan fingerprint density at radius 2 is 2.00 bits per heavy atom. The fraction of sp³-hybridized carbons (Fsp3) is 0.429. The minimum Gasteiger partial charge on any atom is -0.339 e. The predicted octanol–water partition coefficient (Wildman–Crippen LogP) is 2.81. The van der Waals surface area contributed by atoms with E-state index in [0.29, 0.717) is 17.8 Å². The van der Waals surface area contributed by atoms with Crippen LogP contribution in [-0.2, 0) is 6.42 Å². The highest BCUT2D eigenvalue weighted by Gasteiger charge is 2.08. The fourth-order valence-electron chi connectivity index (χ4n) is 1.70. The first kappa shape index (κ1) is 13.7. The molecule has 0 atom stereocenters. The van der Waals surface area contributed by atoms with Crippen molar-refractivity contribution in [1.29, 1.82) is 0 Å². The lowest BCUT2D eigenvalue weighted by molar-refractivity contribution is 0.374. The standard InChI is InChI=1S/C14H18FN3O/c1-10(2)16-9-3-4-13-17-14(18-19-13)11-5-7-12(15)8-6-11/h5-8,10,16H,3-4,9H2,1-2H3. The number of nitrogens with one attached hydrogen (secondary N) is 1. The summed E-state index contributed by atoms with van der Waals surface area (Å²) < 4.78 is 18.0. The monoisotopic (exact) mass is 263 g/mol. The summed E-state index contributed by atoms with van der Waals surface area (Å²) in [6, 6.07) is 6.54. The molecule has 1 heterocycles. The van der Waals surface area contributed by atoms with Gasteiger partial charge in [0, 0.05) is 18.0 Å². The number of rotatable bonds is 6. The van der Waals surface area contributed by atoms with Crippen LogP contribution < -0.4 is 5.32 Å². The third-order valence-corrected chi connectivity index (χ3v) is 2.69. The SMILES string of the molecule is CC(C)NCCCc1nc(-c2ccc(F)cc2)no1. The molecule has 0 saturated carbocycles. The molecule has 0 aliphatic heterocycles. The molecule has 102 valence electrons. The van der Waals surface area contributed by atoms with E-state index in [-0.39, 0.29) is 5.82 Å². The molecule has 2 aromatic rings. The maximum absolute atomic E-state index is 12.8. The maximum atomic E-state index is 12.8. The van der Waals surface area contributed by atoms with Crippen LogP contribution in [0.5, 0.6) is 0 Å². The van der Waals surface area contributed by atoms with E-state index in [4.69, 9.17) is 4.52 Å². The number of hydrogen-bond acceptors (Lipinski definition) is 4. The summed E-state index contributed by atoms with van der Waals surface area (Å²) >= 11 is 0. The highest BCUT2D eigenvalue weighted by atomic mass is 19.1. The number of aromatic nitrogens is 2. The molecule has 0 amide bonds. The van der Waals surface area contributed by atoms with Crippen molar-refractivity contribution < 1.29 is 8.91 Å². The average Bonchev–Trinajstić information content (AvgIpc) is 2.84. The van der Waals surface area contributed by atoms with Gasteiger partial charge < -0.3 is 9.84 Å². The number of hydrogen-bond donors (Lipinski definition) is 1. The summed E-state index contributed by atoms with van der Waals surface area (Å²) in [5.74, 6) is 0.851. The van der Waals surface area contributed by atoms with Gasteiger partial charge in [0.15, 0.2) is 0 Å². The van der Waals surface area contributed by atoms with Crippen LogP contribution in [0.2, 0.25) is 0 Å². The van der Waals surface area contributed by atoms with Crippen LogP contribution in [0.25, 0.3) is 11.4 Å². The highest BCUT2D eigenvalue weighted by Crippen LogP contribution is 2.16. The van der Waals surface area contributed by atoms with Gasteiger partial charge in [-0.1, -0.05) is 19.0 Å². The van der Waals surface area contributed by atoms with Gasteiger partial charge in [0.2, 0.25) is 11.7 Å². The molecule has 1 aromatic carbocycles. The zero-order chi connectivity index (χ0) is 13.7. The first-order chi connectivity index (χ1) is 9.15. The van der Waals surface area contributed by atoms with Crippen LogP contribution in [0, 0.1) is 5.82 Å². The predicted molar refractivity (Wildman–Crippen MR) is 71.2 cm³/mol. The molecule has 0 aliphatic rings. The molecule has 0 unspecified atom stereocenters. The minimum atomic E-state index is -0.271. The number of aryl methyl sites for hydroxylation is 1. The Kier molecular flexibility index (Phi) is 4.63. The van der Waals surface area contributed by atoms with Crippen molar-refractivity contribution in [1.82, 2.24) is 15.5 Å². The van der Waals surface area contributed by atoms with Gasteiger partial charge in [-0.05, 0) is 37.2 Å². The largest absolute Gasteiger partial charge is 0.339 e. The van der Waals surface area contributed by atoms with Gasteiger partial charge in [-0.15, -0.1) is 0 Å². The van der Waals surface area contributed by atoms with E-state index < -0.39 is 0 Å². The summed E-state index contributed by atoms with van der Waals surface area (Å²) in [6.07, 6.45) is 1.69. The molecule has 0 saturated heterocycles. The maximum Gasteiger partial charge on any atom is 0.227 e. The van der Waals surface area contributed by atoms with Gasteiger partial charge >= 0.3 is 0 Å². The van der Waals surface area contributed by atoms with Crippen LogP contribution >= 0.6 is 0 Å². The Balaban J connectivity index is 1.90. The molecular weight excluding hydrogens is 245 g/mol. The molecule has 0 aliphatic carbocycles. The fourth-order valence-corrected chi connectivity index (χ4v) is 1.70. The van der Waals surface area contributed by atoms with Gasteiger partial charge in [0.05, 0.1) is 0 Å². The molecule has 4 nitrogen and oxygen atoms in total. The highest BCUT2D eigenvalue weighted by molar-refractivity contribution is 5.53. The molecule has 0 fully saturated rings. The van der Waals surface area contributed by atoms with E-state index in [1.54, 1.807) is 12.1 Å². The van der Waals surface area contributed by atoms with Crippen LogP contribution in [-0.4, -0.2) is 22.7 Å². The minimum absolute atomic E-state index is 0.271. The van der Waals surface area contributed by atoms with Crippen LogP contribution in [0.15, 0.2) is 28.8 Å².